The molecule has 63 heavy (non-hydrogen) atoms. The van der Waals surface area contributed by atoms with Crippen LogP contribution in [0.15, 0.2) is 48.5 Å². The van der Waals surface area contributed by atoms with Crippen molar-refractivity contribution in [3.8, 4) is 0 Å². The minimum absolute atomic E-state index is 0.0180. The summed E-state index contributed by atoms with van der Waals surface area (Å²) in [5.41, 5.74) is 5.10. The number of carbonyl (C=O) groups is 6. The highest BCUT2D eigenvalue weighted by molar-refractivity contribution is 5.93. The molecule has 14 heteroatoms. The van der Waals surface area contributed by atoms with Crippen molar-refractivity contribution in [1.82, 2.24) is 41.7 Å². The zero-order chi connectivity index (χ0) is 45.3. The number of aryl methyl sites for hydroxylation is 2. The van der Waals surface area contributed by atoms with Gasteiger partial charge in [-0.25, -0.2) is 0 Å². The number of fused-ring (bicyclic) bond motifs is 2. The summed E-state index contributed by atoms with van der Waals surface area (Å²) in [4.78, 5) is 80.7. The maximum atomic E-state index is 14.0. The lowest BCUT2D eigenvalue weighted by Crippen LogP contribution is -2.55. The molecule has 6 N–H and O–H groups in total. The maximum Gasteiger partial charge on any atom is 0.245 e. The highest BCUT2D eigenvalue weighted by Crippen LogP contribution is 2.31. The lowest BCUT2D eigenvalue weighted by molar-refractivity contribution is -0.142. The number of rotatable bonds is 19. The first-order chi connectivity index (χ1) is 30.5. The number of likely N-dealkylation sites (tertiary alicyclic amines) is 2. The van der Waals surface area contributed by atoms with E-state index in [9.17, 15) is 28.8 Å². The van der Waals surface area contributed by atoms with E-state index in [-0.39, 0.29) is 47.7 Å². The summed E-state index contributed by atoms with van der Waals surface area (Å²) >= 11 is 0. The normalized spacial score (nSPS) is 22.2. The Morgan fingerprint density at radius 1 is 0.651 bits per heavy atom. The van der Waals surface area contributed by atoms with Gasteiger partial charge < -0.3 is 41.7 Å². The molecule has 0 radical (unpaired) electrons. The molecule has 2 heterocycles. The Bertz CT molecular complexity index is 1840. The largest absolute Gasteiger partial charge is 0.352 e. The number of carbonyl (C=O) groups excluding carboxylic acids is 6. The average molecular weight is 871 g/mol. The van der Waals surface area contributed by atoms with E-state index >= 15 is 0 Å². The maximum absolute atomic E-state index is 14.0. The van der Waals surface area contributed by atoms with Crippen LogP contribution in [-0.4, -0.2) is 109 Å². The molecule has 2 saturated heterocycles. The predicted octanol–water partition coefficient (Wildman–Crippen LogP) is 4.52. The van der Waals surface area contributed by atoms with Crippen molar-refractivity contribution in [3.63, 3.8) is 0 Å². The lowest BCUT2D eigenvalue weighted by Gasteiger charge is -2.32. The third-order valence-electron chi connectivity index (χ3n) is 13.6. The molecule has 2 fully saturated rings. The van der Waals surface area contributed by atoms with Crippen LogP contribution in [0.25, 0.3) is 0 Å². The molecule has 4 aliphatic rings. The zero-order valence-electron chi connectivity index (χ0n) is 38.4. The summed E-state index contributed by atoms with van der Waals surface area (Å²) in [5, 5.41) is 17.9. The molecule has 0 bridgehead atoms. The number of hydrogen-bond donors (Lipinski definition) is 6. The van der Waals surface area contributed by atoms with Crippen LogP contribution in [0.5, 0.6) is 0 Å². The summed E-state index contributed by atoms with van der Waals surface area (Å²) in [7, 11) is 3.42. The van der Waals surface area contributed by atoms with Crippen LogP contribution < -0.4 is 31.9 Å². The van der Waals surface area contributed by atoms with Crippen molar-refractivity contribution in [1.29, 1.82) is 0 Å². The number of nitrogens with zero attached hydrogens (tertiary/aromatic N) is 2. The topological polar surface area (TPSA) is 181 Å². The standard InChI is InChI=1S/C38H61N7O5.C11H13NO/c1-25-15-13-23-44(25)37(49)31(42-34(46)26(2)39-4)19-8-6-7-9-20-32(43-35(47)27(3)40-5)38(50)45-24-14-22-33(45)36(48)41-30-21-12-17-28-16-10-11-18-29(28)30;13-8-12-11-7-3-5-9-4-1-2-6-10(9)11/h10-11,16,18,25-27,30-33,39-40H,6-9,12-15,17,19-24H2,1-5H3,(H,41,48)(H,42,46)(H,43,47);1-2,4,6,8,11H,3,5,7H2,(H,12,13). The van der Waals surface area contributed by atoms with Gasteiger partial charge in [-0.1, -0.05) is 74.2 Å². The Kier molecular flexibility index (Phi) is 19.4. The molecule has 2 aliphatic heterocycles. The van der Waals surface area contributed by atoms with E-state index in [1.165, 1.54) is 23.1 Å². The van der Waals surface area contributed by atoms with Gasteiger partial charge in [0.15, 0.2) is 0 Å². The Morgan fingerprint density at radius 3 is 1.67 bits per heavy atom. The van der Waals surface area contributed by atoms with Crippen LogP contribution in [-0.2, 0) is 41.6 Å². The second kappa shape index (κ2) is 24.9. The molecule has 0 aromatic heterocycles. The molecule has 6 amide bonds. The van der Waals surface area contributed by atoms with Crippen LogP contribution in [0.2, 0.25) is 0 Å². The van der Waals surface area contributed by atoms with E-state index in [1.807, 2.05) is 23.1 Å². The molecule has 8 atom stereocenters. The smallest absolute Gasteiger partial charge is 0.245 e. The fourth-order valence-corrected chi connectivity index (χ4v) is 9.57. The number of benzene rings is 2. The van der Waals surface area contributed by atoms with Gasteiger partial charge in [-0.2, -0.15) is 0 Å². The van der Waals surface area contributed by atoms with Crippen LogP contribution in [0.3, 0.4) is 0 Å². The predicted molar refractivity (Wildman–Crippen MR) is 245 cm³/mol. The molecular formula is C49H74N8O6. The summed E-state index contributed by atoms with van der Waals surface area (Å²) in [6.07, 6.45) is 14.4. The van der Waals surface area contributed by atoms with Crippen LogP contribution in [0.1, 0.15) is 145 Å². The van der Waals surface area contributed by atoms with Crippen molar-refractivity contribution < 1.29 is 28.8 Å². The first-order valence-corrected chi connectivity index (χ1v) is 23.7. The fraction of sp³-hybridized carbons (Fsp3) is 0.633. The molecule has 2 aromatic rings. The Morgan fingerprint density at radius 2 is 1.14 bits per heavy atom. The first kappa shape index (κ1) is 49.2. The number of unbranched alkanes of at least 4 members (excludes halogenated alkanes) is 3. The third kappa shape index (κ3) is 13.6. The van der Waals surface area contributed by atoms with E-state index in [2.05, 4.69) is 69.2 Å². The molecule has 6 rings (SSSR count). The second-order valence-corrected chi connectivity index (χ2v) is 17.9. The average Bonchev–Trinajstić information content (AvgIpc) is 3.98. The van der Waals surface area contributed by atoms with Crippen molar-refractivity contribution in [3.05, 3.63) is 70.8 Å². The molecular weight excluding hydrogens is 797 g/mol. The van der Waals surface area contributed by atoms with Gasteiger partial charge in [-0.15, -0.1) is 0 Å². The minimum atomic E-state index is -0.740. The highest BCUT2D eigenvalue weighted by atomic mass is 16.2. The number of hydrogen-bond acceptors (Lipinski definition) is 8. The van der Waals surface area contributed by atoms with Crippen LogP contribution in [0.4, 0.5) is 0 Å². The summed E-state index contributed by atoms with van der Waals surface area (Å²) in [6.45, 7) is 6.78. The SMILES string of the molecule is CNC(C)C(=O)NC(CCCCCCC(NC(=O)C(C)NC)C(=O)N1CCCC1C(=O)NC1CCCc2ccccc21)C(=O)N1CCCC1C.O=CNC1CCCc2ccccc21. The monoisotopic (exact) mass is 871 g/mol. The van der Waals surface area contributed by atoms with Gasteiger partial charge in [-0.3, -0.25) is 28.8 Å². The number of likely N-dealkylation sites (N-methyl/N-ethyl adjacent to an activating group) is 2. The molecule has 2 aliphatic carbocycles. The van der Waals surface area contributed by atoms with E-state index in [4.69, 9.17) is 0 Å². The Labute approximate surface area is 375 Å². The lowest BCUT2D eigenvalue weighted by atomic mass is 9.87. The first-order valence-electron chi connectivity index (χ1n) is 23.7. The quantitative estimate of drug-likeness (QED) is 0.0881. The van der Waals surface area contributed by atoms with Gasteiger partial charge in [0.25, 0.3) is 0 Å². The van der Waals surface area contributed by atoms with Gasteiger partial charge in [0.05, 0.1) is 24.2 Å². The minimum Gasteiger partial charge on any atom is -0.352 e. The van der Waals surface area contributed by atoms with Crippen LogP contribution in [0, 0.1) is 0 Å². The third-order valence-corrected chi connectivity index (χ3v) is 13.6. The zero-order valence-corrected chi connectivity index (χ0v) is 38.4. The van der Waals surface area contributed by atoms with E-state index in [0.29, 0.717) is 32.2 Å². The molecule has 8 unspecified atom stereocenters. The van der Waals surface area contributed by atoms with Crippen molar-refractivity contribution in [2.24, 2.45) is 0 Å². The van der Waals surface area contributed by atoms with Gasteiger partial charge in [0.2, 0.25) is 35.9 Å². The van der Waals surface area contributed by atoms with Crippen molar-refractivity contribution >= 4 is 35.9 Å². The molecule has 0 spiro atoms. The van der Waals surface area contributed by atoms with E-state index in [0.717, 1.165) is 89.1 Å². The van der Waals surface area contributed by atoms with Gasteiger partial charge in [-0.05, 0) is 134 Å². The molecule has 14 nitrogen and oxygen atoms in total. The number of nitrogens with one attached hydrogen (secondary N) is 6. The second-order valence-electron chi connectivity index (χ2n) is 17.9. The highest BCUT2D eigenvalue weighted by Gasteiger charge is 2.39. The Balaban J connectivity index is 0.000000487. The van der Waals surface area contributed by atoms with Gasteiger partial charge in [0.1, 0.15) is 18.1 Å². The van der Waals surface area contributed by atoms with E-state index < -0.39 is 30.2 Å². The fourth-order valence-electron chi connectivity index (χ4n) is 9.57. The summed E-state index contributed by atoms with van der Waals surface area (Å²) in [5.74, 6) is -0.808. The van der Waals surface area contributed by atoms with Crippen molar-refractivity contribution in [2.45, 2.75) is 172 Å². The molecule has 346 valence electrons. The van der Waals surface area contributed by atoms with Gasteiger partial charge >= 0.3 is 0 Å². The number of amides is 6. The summed E-state index contributed by atoms with van der Waals surface area (Å²) in [6, 6.07) is 14.2. The summed E-state index contributed by atoms with van der Waals surface area (Å²) < 4.78 is 0. The van der Waals surface area contributed by atoms with E-state index in [1.54, 1.807) is 32.8 Å². The molecule has 2 aromatic carbocycles. The Hall–Kier alpha value is -4.82. The van der Waals surface area contributed by atoms with Gasteiger partial charge in [0, 0.05) is 19.1 Å². The van der Waals surface area contributed by atoms with Crippen molar-refractivity contribution in [2.75, 3.05) is 27.2 Å². The van der Waals surface area contributed by atoms with Crippen LogP contribution >= 0.6 is 0 Å². The molecule has 0 saturated carbocycles.